The van der Waals surface area contributed by atoms with Gasteiger partial charge < -0.3 is 10.1 Å². The molecule has 0 saturated heterocycles. The molecule has 0 atom stereocenters. The van der Waals surface area contributed by atoms with E-state index in [1.165, 1.54) is 11.0 Å². The van der Waals surface area contributed by atoms with Crippen LogP contribution in [0.5, 0.6) is 0 Å². The van der Waals surface area contributed by atoms with Gasteiger partial charge in [-0.25, -0.2) is 15.0 Å². The predicted molar refractivity (Wildman–Crippen MR) is 127 cm³/mol. The van der Waals surface area contributed by atoms with Crippen molar-refractivity contribution < 1.29 is 22.7 Å². The number of fused-ring (bicyclic) bond motifs is 5. The quantitative estimate of drug-likeness (QED) is 0.396. The van der Waals surface area contributed by atoms with Gasteiger partial charge in [-0.1, -0.05) is 12.1 Å². The van der Waals surface area contributed by atoms with Crippen LogP contribution < -0.4 is 10.2 Å². The van der Waals surface area contributed by atoms with Gasteiger partial charge in [-0.15, -0.1) is 0 Å². The fraction of sp³-hybridized carbons (Fsp3) is 0.440. The molecule has 3 heterocycles. The van der Waals surface area contributed by atoms with E-state index in [2.05, 4.69) is 15.3 Å². The first-order valence-corrected chi connectivity index (χ1v) is 11.7. The van der Waals surface area contributed by atoms with E-state index < -0.39 is 11.7 Å². The van der Waals surface area contributed by atoms with Crippen LogP contribution in [-0.4, -0.2) is 41.1 Å². The number of aromatic nitrogens is 3. The maximum Gasteiger partial charge on any atom is 0.416 e. The molecule has 3 aromatic rings. The van der Waals surface area contributed by atoms with Crippen LogP contribution in [0.1, 0.15) is 48.0 Å². The van der Waals surface area contributed by atoms with Crippen LogP contribution in [0.4, 0.5) is 24.8 Å². The summed E-state index contributed by atoms with van der Waals surface area (Å²) in [5, 5.41) is 3.91. The molecule has 1 aliphatic rings. The van der Waals surface area contributed by atoms with Crippen LogP contribution in [-0.2, 0) is 35.1 Å². The first-order valence-electron chi connectivity index (χ1n) is 11.7. The van der Waals surface area contributed by atoms with E-state index in [-0.39, 0.29) is 6.54 Å². The van der Waals surface area contributed by atoms with Crippen molar-refractivity contribution in [1.29, 1.82) is 0 Å². The largest absolute Gasteiger partial charge is 0.416 e. The Kier molecular flexibility index (Phi) is 7.49. The summed E-state index contributed by atoms with van der Waals surface area (Å²) in [7, 11) is 0. The van der Waals surface area contributed by atoms with E-state index in [0.717, 1.165) is 6.07 Å². The van der Waals surface area contributed by atoms with Crippen molar-refractivity contribution in [2.24, 2.45) is 0 Å². The zero-order valence-electron chi connectivity index (χ0n) is 19.8. The van der Waals surface area contributed by atoms with Crippen LogP contribution in [0.15, 0.2) is 24.3 Å². The zero-order valence-corrected chi connectivity index (χ0v) is 19.8. The van der Waals surface area contributed by atoms with Crippen molar-refractivity contribution in [2.45, 2.75) is 52.3 Å². The molecular weight excluding hydrogens is 459 g/mol. The number of hydrogen-bond donors (Lipinski definition) is 1. The molecule has 1 amide bonds. The highest BCUT2D eigenvalue weighted by Crippen LogP contribution is 2.35. The van der Waals surface area contributed by atoms with Crippen LogP contribution >= 0.6 is 0 Å². The Morgan fingerprint density at radius 1 is 1.17 bits per heavy atom. The minimum Gasteiger partial charge on any atom is -0.380 e. The molecule has 0 radical (unpaired) electrons. The second-order valence-corrected chi connectivity index (χ2v) is 8.45. The third-order valence-corrected chi connectivity index (χ3v) is 6.09. The minimum absolute atomic E-state index is 0.184. The van der Waals surface area contributed by atoms with Gasteiger partial charge in [0.2, 0.25) is 6.41 Å². The number of carbonyl (C=O) groups excluding carboxylic acids is 1. The topological polar surface area (TPSA) is 80.2 Å². The summed E-state index contributed by atoms with van der Waals surface area (Å²) in [5.74, 6) is 1.56. The molecular formula is C25H28F3N5O2. The van der Waals surface area contributed by atoms with Gasteiger partial charge in [-0.2, -0.15) is 13.2 Å². The molecule has 0 saturated carbocycles. The highest BCUT2D eigenvalue weighted by molar-refractivity contribution is 5.93. The fourth-order valence-electron chi connectivity index (χ4n) is 4.36. The normalized spacial score (nSPS) is 14.1. The van der Waals surface area contributed by atoms with Gasteiger partial charge in [0, 0.05) is 25.0 Å². The lowest BCUT2D eigenvalue weighted by atomic mass is 9.95. The van der Waals surface area contributed by atoms with Gasteiger partial charge in [0.05, 0.1) is 29.9 Å². The molecule has 4 rings (SSSR count). The van der Waals surface area contributed by atoms with E-state index in [1.807, 2.05) is 13.8 Å². The molecule has 35 heavy (non-hydrogen) atoms. The third kappa shape index (κ3) is 5.53. The highest BCUT2D eigenvalue weighted by atomic mass is 19.4. The zero-order chi connectivity index (χ0) is 25.0. The number of anilines is 2. The number of carbonyl (C=O) groups is 1. The first-order chi connectivity index (χ1) is 16.8. The monoisotopic (exact) mass is 487 g/mol. The number of halogens is 3. The number of nitrogens with one attached hydrogen (secondary N) is 1. The minimum atomic E-state index is -4.41. The van der Waals surface area contributed by atoms with E-state index in [9.17, 15) is 18.0 Å². The van der Waals surface area contributed by atoms with Crippen molar-refractivity contribution >= 4 is 28.9 Å². The Labute approximate surface area is 201 Å². The maximum atomic E-state index is 13.7. The lowest BCUT2D eigenvalue weighted by molar-refractivity contribution is -0.138. The van der Waals surface area contributed by atoms with Crippen molar-refractivity contribution in [3.63, 3.8) is 0 Å². The van der Waals surface area contributed by atoms with E-state index >= 15 is 0 Å². The van der Waals surface area contributed by atoms with E-state index in [1.54, 1.807) is 12.1 Å². The molecule has 1 aromatic carbocycles. The van der Waals surface area contributed by atoms with Gasteiger partial charge >= 0.3 is 6.18 Å². The first kappa shape index (κ1) is 24.8. The third-order valence-electron chi connectivity index (χ3n) is 6.09. The van der Waals surface area contributed by atoms with Gasteiger partial charge in [-0.05, 0) is 56.4 Å². The van der Waals surface area contributed by atoms with Crippen LogP contribution in [0.3, 0.4) is 0 Å². The standard InChI is InChI=1S/C25H28F3N5O2/c1-3-35-12-11-33(15-34)22-13-19-23(16(2)30-22)31-21-10-5-4-8-18-17(14-29-24(19)32-21)7-6-9-20(18)25(26,27)28/h6-7,9,13,15H,3-5,8,10-12,14H2,1-2H3,(H,29,31,32). The lowest BCUT2D eigenvalue weighted by Crippen LogP contribution is -2.27. The Morgan fingerprint density at radius 3 is 2.71 bits per heavy atom. The van der Waals surface area contributed by atoms with Crippen molar-refractivity contribution in [2.75, 3.05) is 30.0 Å². The van der Waals surface area contributed by atoms with Gasteiger partial charge in [0.1, 0.15) is 17.5 Å². The van der Waals surface area contributed by atoms with Gasteiger partial charge in [-0.3, -0.25) is 9.69 Å². The molecule has 10 heteroatoms. The van der Waals surface area contributed by atoms with E-state index in [4.69, 9.17) is 9.72 Å². The smallest absolute Gasteiger partial charge is 0.380 e. The van der Waals surface area contributed by atoms with Crippen molar-refractivity contribution in [3.8, 4) is 0 Å². The number of benzene rings is 1. The van der Waals surface area contributed by atoms with Gasteiger partial charge in [0.15, 0.2) is 0 Å². The molecule has 1 N–H and O–H groups in total. The number of hydrogen-bond acceptors (Lipinski definition) is 6. The summed E-state index contributed by atoms with van der Waals surface area (Å²) in [6.07, 6.45) is -1.57. The summed E-state index contributed by atoms with van der Waals surface area (Å²) >= 11 is 0. The summed E-state index contributed by atoms with van der Waals surface area (Å²) in [6.45, 7) is 5.13. The summed E-state index contributed by atoms with van der Waals surface area (Å²) in [6, 6.07) is 6.05. The molecule has 0 unspecified atom stereocenters. The highest BCUT2D eigenvalue weighted by Gasteiger charge is 2.34. The average molecular weight is 488 g/mol. The number of aryl methyl sites for hydroxylation is 2. The second-order valence-electron chi connectivity index (χ2n) is 8.45. The van der Waals surface area contributed by atoms with Crippen molar-refractivity contribution in [1.82, 2.24) is 15.0 Å². The van der Waals surface area contributed by atoms with E-state index in [0.29, 0.717) is 97.0 Å². The SMILES string of the molecule is CCOCCN(C=O)c1cc2c3nc(nc2c(C)n1)CCCCc1c(cccc1C(F)(F)F)CN3. The Hall–Kier alpha value is -3.27. The number of rotatable bonds is 6. The molecule has 1 aliphatic heterocycles. The number of ether oxygens (including phenoxy) is 1. The molecule has 0 fully saturated rings. The number of amides is 1. The van der Waals surface area contributed by atoms with Crippen molar-refractivity contribution in [3.05, 3.63) is 52.5 Å². The van der Waals surface area contributed by atoms with Crippen LogP contribution in [0, 0.1) is 6.92 Å². The summed E-state index contributed by atoms with van der Waals surface area (Å²) in [4.78, 5) is 27.1. The average Bonchev–Trinajstić information content (AvgIpc) is 2.85. The number of pyridine rings is 1. The molecule has 2 bridgehead atoms. The maximum absolute atomic E-state index is 13.7. The predicted octanol–water partition coefficient (Wildman–Crippen LogP) is 4.84. The number of alkyl halides is 3. The molecule has 7 nitrogen and oxygen atoms in total. The van der Waals surface area contributed by atoms with Crippen LogP contribution in [0.25, 0.3) is 10.9 Å². The summed E-state index contributed by atoms with van der Waals surface area (Å²) < 4.78 is 46.4. The lowest BCUT2D eigenvalue weighted by Gasteiger charge is -2.19. The number of nitrogens with zero attached hydrogens (tertiary/aromatic N) is 4. The Morgan fingerprint density at radius 2 is 1.97 bits per heavy atom. The molecule has 2 aromatic heterocycles. The van der Waals surface area contributed by atoms with Crippen LogP contribution in [0.2, 0.25) is 0 Å². The fourth-order valence-corrected chi connectivity index (χ4v) is 4.36. The van der Waals surface area contributed by atoms with Gasteiger partial charge in [0.25, 0.3) is 0 Å². The summed E-state index contributed by atoms with van der Waals surface area (Å²) in [5.41, 5.74) is 1.62. The molecule has 0 spiro atoms. The second kappa shape index (κ2) is 10.6. The molecule has 186 valence electrons. The Bertz CT molecular complexity index is 1220. The molecule has 0 aliphatic carbocycles. The Balaban J connectivity index is 1.76.